The van der Waals surface area contributed by atoms with Gasteiger partial charge in [0.1, 0.15) is 5.82 Å². The highest BCUT2D eigenvalue weighted by molar-refractivity contribution is 7.97. The minimum atomic E-state index is -0.281. The molecule has 196 valence electrons. The third kappa shape index (κ3) is 6.71. The van der Waals surface area contributed by atoms with Crippen LogP contribution in [0.4, 0.5) is 0 Å². The Kier molecular flexibility index (Phi) is 8.45. The van der Waals surface area contributed by atoms with Gasteiger partial charge in [-0.2, -0.15) is 5.10 Å². The number of benzene rings is 1. The molecule has 8 heteroatoms. The van der Waals surface area contributed by atoms with Gasteiger partial charge in [0.2, 0.25) is 5.91 Å². The van der Waals surface area contributed by atoms with Gasteiger partial charge in [-0.3, -0.25) is 4.79 Å². The highest BCUT2D eigenvalue weighted by Crippen LogP contribution is 2.32. The Labute approximate surface area is 219 Å². The Morgan fingerprint density at radius 2 is 2.06 bits per heavy atom. The van der Waals surface area contributed by atoms with Crippen LogP contribution in [0.5, 0.6) is 0 Å². The molecule has 1 N–H and O–H groups in total. The number of fused-ring (bicyclic) bond motifs is 1. The Morgan fingerprint density at radius 3 is 2.69 bits per heavy atom. The predicted octanol–water partition coefficient (Wildman–Crippen LogP) is 5.89. The molecule has 2 fully saturated rings. The van der Waals surface area contributed by atoms with Crippen LogP contribution >= 0.6 is 11.9 Å². The van der Waals surface area contributed by atoms with Crippen LogP contribution in [0, 0.1) is 11.8 Å². The monoisotopic (exact) mass is 511 g/mol. The second-order valence-corrected chi connectivity index (χ2v) is 12.2. The topological polar surface area (TPSA) is 71.8 Å². The van der Waals surface area contributed by atoms with Gasteiger partial charge in [-0.25, -0.2) is 9.40 Å². The lowest BCUT2D eigenvalue weighted by atomic mass is 9.94. The first kappa shape index (κ1) is 26.7. The van der Waals surface area contributed by atoms with Gasteiger partial charge in [-0.15, -0.1) is 0 Å². The number of hydrazone groups is 1. The highest BCUT2D eigenvalue weighted by Gasteiger charge is 2.27. The molecule has 1 aromatic carbocycles. The van der Waals surface area contributed by atoms with Gasteiger partial charge in [-0.05, 0) is 70.1 Å². The number of ether oxygens (including phenoxy) is 1. The Bertz CT molecular complexity index is 1110. The van der Waals surface area contributed by atoms with Gasteiger partial charge >= 0.3 is 0 Å². The van der Waals surface area contributed by atoms with Crippen molar-refractivity contribution in [3.8, 4) is 0 Å². The molecule has 7 nitrogen and oxygen atoms in total. The largest absolute Gasteiger partial charge is 0.381 e. The molecule has 1 saturated heterocycles. The second-order valence-electron chi connectivity index (χ2n) is 11.2. The lowest BCUT2D eigenvalue weighted by Crippen LogP contribution is -2.34. The molecular formula is C28H41N5O2S. The second kappa shape index (κ2) is 11.4. The van der Waals surface area contributed by atoms with E-state index in [1.54, 1.807) is 10.6 Å². The van der Waals surface area contributed by atoms with Crippen molar-refractivity contribution in [2.75, 3.05) is 13.2 Å². The van der Waals surface area contributed by atoms with Crippen molar-refractivity contribution in [1.29, 1.82) is 0 Å². The molecule has 0 radical (unpaired) electrons. The minimum absolute atomic E-state index is 0.0372. The summed E-state index contributed by atoms with van der Waals surface area (Å²) in [6.07, 6.45) is 7.28. The zero-order valence-corrected chi connectivity index (χ0v) is 23.2. The first-order valence-electron chi connectivity index (χ1n) is 13.2. The molecule has 1 unspecified atom stereocenters. The van der Waals surface area contributed by atoms with Gasteiger partial charge in [0.05, 0.1) is 17.0 Å². The highest BCUT2D eigenvalue weighted by atomic mass is 32.2. The molecule has 0 spiro atoms. The van der Waals surface area contributed by atoms with Gasteiger partial charge in [-0.1, -0.05) is 27.4 Å². The number of aryl methyl sites for hydroxylation is 1. The van der Waals surface area contributed by atoms with Crippen LogP contribution in [0.2, 0.25) is 0 Å². The van der Waals surface area contributed by atoms with E-state index in [0.717, 1.165) is 79.7 Å². The fraction of sp³-hybridized carbons (Fsp3) is 0.607. The molecule has 1 amide bonds. The molecule has 2 heterocycles. The summed E-state index contributed by atoms with van der Waals surface area (Å²) >= 11 is 1.48. The van der Waals surface area contributed by atoms with Crippen LogP contribution in [0.25, 0.3) is 11.0 Å². The number of hydrogen-bond donors (Lipinski definition) is 1. The number of hydrogen-bond acceptors (Lipinski definition) is 6. The maximum atomic E-state index is 12.4. The fourth-order valence-corrected chi connectivity index (χ4v) is 5.26. The van der Waals surface area contributed by atoms with Crippen molar-refractivity contribution >= 4 is 34.6 Å². The Hall–Kier alpha value is -2.32. The van der Waals surface area contributed by atoms with Crippen LogP contribution in [0.1, 0.15) is 72.5 Å². The van der Waals surface area contributed by atoms with E-state index in [1.165, 1.54) is 17.5 Å². The third-order valence-electron chi connectivity index (χ3n) is 7.05. The van der Waals surface area contributed by atoms with E-state index in [4.69, 9.17) is 9.72 Å². The van der Waals surface area contributed by atoms with Gasteiger partial charge in [0.15, 0.2) is 0 Å². The van der Waals surface area contributed by atoms with Crippen molar-refractivity contribution in [3.63, 3.8) is 0 Å². The first-order valence-corrected chi connectivity index (χ1v) is 14.0. The van der Waals surface area contributed by atoms with Crippen LogP contribution in [0.15, 0.2) is 41.0 Å². The van der Waals surface area contributed by atoms with E-state index in [0.29, 0.717) is 6.04 Å². The summed E-state index contributed by atoms with van der Waals surface area (Å²) in [6, 6.07) is 6.77. The van der Waals surface area contributed by atoms with Crippen LogP contribution in [0.3, 0.4) is 0 Å². The van der Waals surface area contributed by atoms with E-state index >= 15 is 0 Å². The minimum Gasteiger partial charge on any atom is -0.381 e. The van der Waals surface area contributed by atoms with E-state index in [-0.39, 0.29) is 17.2 Å². The number of carbonyl (C=O) groups is 1. The molecule has 1 aliphatic heterocycles. The smallest absolute Gasteiger partial charge is 0.228 e. The average molecular weight is 512 g/mol. The molecule has 1 aromatic heterocycles. The molecule has 2 aromatic rings. The van der Waals surface area contributed by atoms with Crippen LogP contribution in [-0.4, -0.2) is 44.8 Å². The van der Waals surface area contributed by atoms with E-state index < -0.39 is 0 Å². The maximum Gasteiger partial charge on any atom is 0.228 e. The van der Waals surface area contributed by atoms with Gasteiger partial charge < -0.3 is 14.6 Å². The summed E-state index contributed by atoms with van der Waals surface area (Å²) in [6.45, 7) is 17.1. The van der Waals surface area contributed by atoms with Crippen molar-refractivity contribution < 1.29 is 9.53 Å². The standard InChI is InChI=1S/C28H41N5O2S/c1-7-33(31-20(3)19(2)26(34)29-22-8-9-22)36-23-10-11-25-24(18-23)30-27(28(4,5)6)32(25)15-12-21-13-16-35-17-14-21/h7,10-11,18-19,21-22H,1,8-9,12-17H2,2-6H3,(H,29,34)/b31-20-. The molecule has 2 aliphatic rings. The summed E-state index contributed by atoms with van der Waals surface area (Å²) in [4.78, 5) is 18.5. The lowest BCUT2D eigenvalue weighted by Gasteiger charge is -2.24. The van der Waals surface area contributed by atoms with Crippen molar-refractivity contribution in [1.82, 2.24) is 19.3 Å². The van der Waals surface area contributed by atoms with Crippen LogP contribution < -0.4 is 5.32 Å². The number of carbonyl (C=O) groups excluding carboxylic acids is 1. The Morgan fingerprint density at radius 1 is 1.33 bits per heavy atom. The number of amides is 1. The maximum absolute atomic E-state index is 12.4. The molecule has 36 heavy (non-hydrogen) atoms. The zero-order valence-electron chi connectivity index (χ0n) is 22.4. The van der Waals surface area contributed by atoms with E-state index in [9.17, 15) is 4.79 Å². The molecule has 1 aliphatic carbocycles. The lowest BCUT2D eigenvalue weighted by molar-refractivity contribution is -0.122. The number of nitrogens with one attached hydrogen (secondary N) is 1. The summed E-state index contributed by atoms with van der Waals surface area (Å²) < 4.78 is 9.68. The number of imidazole rings is 1. The molecule has 1 atom stereocenters. The van der Waals surface area contributed by atoms with E-state index in [2.05, 4.69) is 60.5 Å². The molecule has 0 bridgehead atoms. The molecular weight excluding hydrogens is 470 g/mol. The van der Waals surface area contributed by atoms with E-state index in [1.807, 2.05) is 13.8 Å². The number of rotatable bonds is 10. The van der Waals surface area contributed by atoms with Crippen molar-refractivity contribution in [2.24, 2.45) is 16.9 Å². The Balaban J connectivity index is 1.50. The molecule has 1 saturated carbocycles. The summed E-state index contributed by atoms with van der Waals surface area (Å²) in [7, 11) is 0. The molecule has 4 rings (SSSR count). The number of aromatic nitrogens is 2. The average Bonchev–Trinajstić information content (AvgIpc) is 3.59. The quantitative estimate of drug-likeness (QED) is 0.244. The van der Waals surface area contributed by atoms with Gasteiger partial charge in [0.25, 0.3) is 0 Å². The third-order valence-corrected chi connectivity index (χ3v) is 7.93. The van der Waals surface area contributed by atoms with Crippen molar-refractivity contribution in [3.05, 3.63) is 36.8 Å². The normalized spacial score (nSPS) is 18.3. The summed E-state index contributed by atoms with van der Waals surface area (Å²) in [5.74, 6) is 1.60. The predicted molar refractivity (Wildman–Crippen MR) is 148 cm³/mol. The number of nitrogens with zero attached hydrogens (tertiary/aromatic N) is 4. The summed E-state index contributed by atoms with van der Waals surface area (Å²) in [5.41, 5.74) is 2.88. The van der Waals surface area contributed by atoms with Crippen molar-refractivity contribution in [2.45, 2.75) is 89.6 Å². The van der Waals surface area contributed by atoms with Gasteiger partial charge in [0, 0.05) is 60.0 Å². The zero-order chi connectivity index (χ0) is 25.9. The first-order chi connectivity index (χ1) is 17.2. The van der Waals surface area contributed by atoms with Crippen LogP contribution in [-0.2, 0) is 21.5 Å². The fourth-order valence-electron chi connectivity index (χ4n) is 4.50. The SMILES string of the molecule is C=CN(/N=C(/C)C(C)C(=O)NC1CC1)Sc1ccc2c(c1)nc(C(C)(C)C)n2CCC1CCOCC1. The summed E-state index contributed by atoms with van der Waals surface area (Å²) in [5, 5.41) is 7.72.